The van der Waals surface area contributed by atoms with Gasteiger partial charge in [0.2, 0.25) is 0 Å². The van der Waals surface area contributed by atoms with Crippen LogP contribution >= 0.6 is 0 Å². The topological polar surface area (TPSA) is 71.1 Å². The van der Waals surface area contributed by atoms with Crippen LogP contribution in [0.1, 0.15) is 156 Å². The van der Waals surface area contributed by atoms with Crippen molar-refractivity contribution in [1.82, 2.24) is 0 Å². The summed E-state index contributed by atoms with van der Waals surface area (Å²) in [4.78, 5) is 23.9. The molecule has 0 aromatic rings. The Bertz CT molecular complexity index is 518. The molecule has 1 fully saturated rings. The Kier molecular flexibility index (Phi) is 21.3. The number of carbonyl (C=O) groups is 2. The Hall–Kier alpha value is -1.46. The number of unbranched alkanes of at least 4 members (excludes halogenated alkanes) is 12. The molecule has 0 saturated heterocycles. The average Bonchev–Trinajstić information content (AvgIpc) is 2.87. The van der Waals surface area contributed by atoms with Crippen molar-refractivity contribution in [2.45, 2.75) is 168 Å². The van der Waals surface area contributed by atoms with Crippen molar-refractivity contribution in [1.29, 1.82) is 0 Å². The lowest BCUT2D eigenvalue weighted by atomic mass is 9.95. The van der Waals surface area contributed by atoms with Crippen LogP contribution in [0.3, 0.4) is 0 Å². The zero-order chi connectivity index (χ0) is 27.8. The molecule has 0 amide bonds. The third kappa shape index (κ3) is 21.5. The minimum absolute atomic E-state index is 0.158. The summed E-state index contributed by atoms with van der Waals surface area (Å²) in [6.07, 6.45) is 20.8. The van der Waals surface area contributed by atoms with Gasteiger partial charge in [-0.25, -0.2) is 9.59 Å². The molecule has 1 aliphatic rings. The molecular formula is C32H60O6. The van der Waals surface area contributed by atoms with Crippen LogP contribution in [0, 0.1) is 11.8 Å². The Morgan fingerprint density at radius 3 is 1.11 bits per heavy atom. The summed E-state index contributed by atoms with van der Waals surface area (Å²) in [6, 6.07) is 0. The smallest absolute Gasteiger partial charge is 0.434 e. The molecule has 38 heavy (non-hydrogen) atoms. The molecule has 0 aromatic carbocycles. The van der Waals surface area contributed by atoms with Crippen LogP contribution in [0.15, 0.2) is 0 Å². The molecule has 1 rings (SSSR count). The van der Waals surface area contributed by atoms with Crippen LogP contribution in [0.4, 0.5) is 9.59 Å². The van der Waals surface area contributed by atoms with E-state index in [1.54, 1.807) is 0 Å². The van der Waals surface area contributed by atoms with Crippen molar-refractivity contribution in [3.05, 3.63) is 0 Å². The summed E-state index contributed by atoms with van der Waals surface area (Å²) < 4.78 is 21.4. The normalized spacial score (nSPS) is 17.5. The van der Waals surface area contributed by atoms with E-state index in [0.717, 1.165) is 37.5 Å². The fourth-order valence-electron chi connectivity index (χ4n) is 5.00. The first kappa shape index (κ1) is 34.6. The summed E-state index contributed by atoms with van der Waals surface area (Å²) in [5.41, 5.74) is 0. The molecule has 0 bridgehead atoms. The second kappa shape index (κ2) is 23.4. The molecule has 0 spiro atoms. The number of hydrogen-bond acceptors (Lipinski definition) is 6. The zero-order valence-electron chi connectivity index (χ0n) is 25.3. The van der Waals surface area contributed by atoms with Gasteiger partial charge in [0.05, 0.1) is 13.2 Å². The Morgan fingerprint density at radius 1 is 0.500 bits per heavy atom. The highest BCUT2D eigenvalue weighted by atomic mass is 16.7. The minimum Gasteiger partial charge on any atom is -0.434 e. The van der Waals surface area contributed by atoms with Gasteiger partial charge in [0, 0.05) is 0 Å². The van der Waals surface area contributed by atoms with Gasteiger partial charge >= 0.3 is 12.3 Å². The van der Waals surface area contributed by atoms with Crippen molar-refractivity contribution in [2.24, 2.45) is 11.8 Å². The SMILES string of the molecule is CC(C)CCCCCCCCCOC(=O)OC1CCC(OC(=O)OCCCCCCCCCC(C)C)CC1. The predicted octanol–water partition coefficient (Wildman–Crippen LogP) is 10.2. The highest BCUT2D eigenvalue weighted by molar-refractivity contribution is 5.60. The van der Waals surface area contributed by atoms with E-state index in [1.807, 2.05) is 0 Å². The zero-order valence-corrected chi connectivity index (χ0v) is 25.3. The van der Waals surface area contributed by atoms with Gasteiger partial charge in [-0.15, -0.1) is 0 Å². The molecule has 0 atom stereocenters. The van der Waals surface area contributed by atoms with Gasteiger partial charge < -0.3 is 18.9 Å². The molecule has 6 nitrogen and oxygen atoms in total. The Morgan fingerprint density at radius 2 is 0.789 bits per heavy atom. The number of hydrogen-bond donors (Lipinski definition) is 0. The second-order valence-corrected chi connectivity index (χ2v) is 12.1. The van der Waals surface area contributed by atoms with Crippen LogP contribution in [-0.4, -0.2) is 37.7 Å². The largest absolute Gasteiger partial charge is 0.508 e. The number of carbonyl (C=O) groups excluding carboxylic acids is 2. The number of ether oxygens (including phenoxy) is 4. The summed E-state index contributed by atoms with van der Waals surface area (Å²) in [5.74, 6) is 1.62. The van der Waals surface area contributed by atoms with Gasteiger partial charge in [0.15, 0.2) is 0 Å². The molecule has 224 valence electrons. The summed E-state index contributed by atoms with van der Waals surface area (Å²) in [6.45, 7) is 9.97. The van der Waals surface area contributed by atoms with Crippen molar-refractivity contribution < 1.29 is 28.5 Å². The molecule has 0 aliphatic heterocycles. The van der Waals surface area contributed by atoms with Gasteiger partial charge in [0.1, 0.15) is 12.2 Å². The van der Waals surface area contributed by atoms with E-state index in [-0.39, 0.29) is 12.2 Å². The summed E-state index contributed by atoms with van der Waals surface area (Å²) >= 11 is 0. The number of rotatable bonds is 22. The highest BCUT2D eigenvalue weighted by Crippen LogP contribution is 2.24. The van der Waals surface area contributed by atoms with Gasteiger partial charge in [-0.2, -0.15) is 0 Å². The lowest BCUT2D eigenvalue weighted by Gasteiger charge is -2.27. The van der Waals surface area contributed by atoms with E-state index in [9.17, 15) is 9.59 Å². The molecule has 0 aromatic heterocycles. The molecule has 0 heterocycles. The maximum absolute atomic E-state index is 12.0. The molecule has 0 radical (unpaired) electrons. The monoisotopic (exact) mass is 540 g/mol. The van der Waals surface area contributed by atoms with E-state index in [4.69, 9.17) is 18.9 Å². The molecule has 0 N–H and O–H groups in total. The lowest BCUT2D eigenvalue weighted by Crippen LogP contribution is -2.30. The van der Waals surface area contributed by atoms with Gasteiger partial charge in [0.25, 0.3) is 0 Å². The third-order valence-electron chi connectivity index (χ3n) is 7.44. The van der Waals surface area contributed by atoms with Crippen LogP contribution in [-0.2, 0) is 18.9 Å². The molecule has 1 aliphatic carbocycles. The van der Waals surface area contributed by atoms with Crippen LogP contribution in [0.2, 0.25) is 0 Å². The Balaban J connectivity index is 1.91. The van der Waals surface area contributed by atoms with Crippen molar-refractivity contribution in [2.75, 3.05) is 13.2 Å². The maximum atomic E-state index is 12.0. The highest BCUT2D eigenvalue weighted by Gasteiger charge is 2.27. The van der Waals surface area contributed by atoms with E-state index in [0.29, 0.717) is 38.9 Å². The molecular weight excluding hydrogens is 480 g/mol. The Labute approximate surface area is 234 Å². The van der Waals surface area contributed by atoms with Crippen LogP contribution in [0.5, 0.6) is 0 Å². The average molecular weight is 541 g/mol. The van der Waals surface area contributed by atoms with Gasteiger partial charge in [-0.1, -0.05) is 118 Å². The summed E-state index contributed by atoms with van der Waals surface area (Å²) in [5, 5.41) is 0. The molecule has 6 heteroatoms. The van der Waals surface area contributed by atoms with Crippen molar-refractivity contribution in [3.8, 4) is 0 Å². The van der Waals surface area contributed by atoms with Crippen molar-refractivity contribution >= 4 is 12.3 Å². The van der Waals surface area contributed by atoms with Crippen LogP contribution in [0.25, 0.3) is 0 Å². The van der Waals surface area contributed by atoms with E-state index in [1.165, 1.54) is 77.0 Å². The van der Waals surface area contributed by atoms with Crippen molar-refractivity contribution in [3.63, 3.8) is 0 Å². The lowest BCUT2D eigenvalue weighted by molar-refractivity contribution is -0.0271. The first-order chi connectivity index (χ1) is 18.4. The van der Waals surface area contributed by atoms with E-state index < -0.39 is 12.3 Å². The molecule has 1 saturated carbocycles. The molecule has 0 unspecified atom stereocenters. The van der Waals surface area contributed by atoms with Gasteiger partial charge in [-0.3, -0.25) is 0 Å². The standard InChI is InChI=1S/C32H60O6/c1-27(2)19-15-11-7-5-9-13-17-25-35-31(33)37-29-21-23-30(24-22-29)38-32(34)36-26-18-14-10-6-8-12-16-20-28(3)4/h27-30H,5-26H2,1-4H3. The summed E-state index contributed by atoms with van der Waals surface area (Å²) in [7, 11) is 0. The van der Waals surface area contributed by atoms with Crippen LogP contribution < -0.4 is 0 Å². The maximum Gasteiger partial charge on any atom is 0.508 e. The fraction of sp³-hybridized carbons (Fsp3) is 0.938. The van der Waals surface area contributed by atoms with E-state index >= 15 is 0 Å². The predicted molar refractivity (Wildman–Crippen MR) is 154 cm³/mol. The quantitative estimate of drug-likeness (QED) is 0.100. The fourth-order valence-corrected chi connectivity index (χ4v) is 5.00. The second-order valence-electron chi connectivity index (χ2n) is 12.1. The van der Waals surface area contributed by atoms with Gasteiger partial charge in [-0.05, 0) is 50.4 Å². The third-order valence-corrected chi connectivity index (χ3v) is 7.44. The minimum atomic E-state index is -0.571. The first-order valence-corrected chi connectivity index (χ1v) is 16.0. The first-order valence-electron chi connectivity index (χ1n) is 16.0. The van der Waals surface area contributed by atoms with E-state index in [2.05, 4.69) is 27.7 Å².